The summed E-state index contributed by atoms with van der Waals surface area (Å²) in [5.41, 5.74) is 0.796. The van der Waals surface area contributed by atoms with Crippen LogP contribution < -0.4 is 14.8 Å². The zero-order chi connectivity index (χ0) is 22.8. The minimum atomic E-state index is -4.37. The molecular weight excluding hydrogens is 423 g/mol. The van der Waals surface area contributed by atoms with Crippen LogP contribution in [0.15, 0.2) is 42.5 Å². The molecule has 2 aliphatic rings. The van der Waals surface area contributed by atoms with E-state index in [1.807, 2.05) is 18.2 Å². The summed E-state index contributed by atoms with van der Waals surface area (Å²) in [5.74, 6) is 0.914. The number of nitrogens with one attached hydrogen (secondary N) is 1. The Kier molecular flexibility index (Phi) is 6.33. The van der Waals surface area contributed by atoms with Crippen LogP contribution in [0, 0.1) is 5.92 Å². The largest absolute Gasteiger partial charge is 0.454 e. The Morgan fingerprint density at radius 3 is 2.44 bits per heavy atom. The van der Waals surface area contributed by atoms with Crippen LogP contribution in [0.1, 0.15) is 36.5 Å². The van der Waals surface area contributed by atoms with E-state index in [4.69, 9.17) is 14.2 Å². The van der Waals surface area contributed by atoms with Crippen LogP contribution in [0.5, 0.6) is 11.5 Å². The van der Waals surface area contributed by atoms with Crippen LogP contribution in [0.2, 0.25) is 0 Å². The molecule has 32 heavy (non-hydrogen) atoms. The van der Waals surface area contributed by atoms with Gasteiger partial charge in [-0.2, -0.15) is 13.2 Å². The molecule has 4 rings (SSSR count). The highest BCUT2D eigenvalue weighted by molar-refractivity contribution is 5.78. The molecule has 8 heteroatoms. The van der Waals surface area contributed by atoms with Crippen molar-refractivity contribution in [3.05, 3.63) is 59.2 Å². The minimum absolute atomic E-state index is 0.128. The lowest BCUT2D eigenvalue weighted by Crippen LogP contribution is -2.46. The second-order valence-corrected chi connectivity index (χ2v) is 8.48. The van der Waals surface area contributed by atoms with Crippen molar-refractivity contribution in [2.75, 3.05) is 26.6 Å². The van der Waals surface area contributed by atoms with E-state index in [1.165, 1.54) is 12.1 Å². The van der Waals surface area contributed by atoms with E-state index >= 15 is 0 Å². The number of alkyl halides is 3. The molecule has 172 valence electrons. The third-order valence-electron chi connectivity index (χ3n) is 6.31. The Balaban J connectivity index is 1.41. The van der Waals surface area contributed by atoms with Crippen LogP contribution in [-0.4, -0.2) is 32.5 Å². The van der Waals surface area contributed by atoms with E-state index in [0.717, 1.165) is 30.5 Å². The highest BCUT2D eigenvalue weighted by Gasteiger charge is 2.36. The fourth-order valence-corrected chi connectivity index (χ4v) is 4.26. The summed E-state index contributed by atoms with van der Waals surface area (Å²) < 4.78 is 54.7. The lowest BCUT2D eigenvalue weighted by atomic mass is 9.74. The van der Waals surface area contributed by atoms with Gasteiger partial charge in [-0.15, -0.1) is 0 Å². The fourth-order valence-electron chi connectivity index (χ4n) is 4.26. The third kappa shape index (κ3) is 4.85. The number of benzene rings is 2. The molecule has 0 saturated carbocycles. The Morgan fingerprint density at radius 2 is 1.75 bits per heavy atom. The van der Waals surface area contributed by atoms with Gasteiger partial charge in [-0.1, -0.05) is 25.1 Å². The van der Waals surface area contributed by atoms with Gasteiger partial charge in [-0.3, -0.25) is 4.79 Å². The molecule has 2 heterocycles. The van der Waals surface area contributed by atoms with E-state index in [9.17, 15) is 18.0 Å². The third-order valence-corrected chi connectivity index (χ3v) is 6.31. The first-order chi connectivity index (χ1) is 15.3. The number of ether oxygens (including phenoxy) is 3. The smallest absolute Gasteiger partial charge is 0.416 e. The second-order valence-electron chi connectivity index (χ2n) is 8.48. The molecule has 0 aliphatic carbocycles. The van der Waals surface area contributed by atoms with Crippen molar-refractivity contribution >= 4 is 5.91 Å². The second kappa shape index (κ2) is 9.02. The van der Waals surface area contributed by atoms with Crippen molar-refractivity contribution < 1.29 is 32.2 Å². The monoisotopic (exact) mass is 449 g/mol. The number of rotatable bonds is 6. The topological polar surface area (TPSA) is 56.8 Å². The van der Waals surface area contributed by atoms with E-state index in [2.05, 4.69) is 5.32 Å². The Hall–Kier alpha value is -2.74. The van der Waals surface area contributed by atoms with Crippen molar-refractivity contribution in [2.45, 2.75) is 37.8 Å². The summed E-state index contributed by atoms with van der Waals surface area (Å²) in [7, 11) is 0. The van der Waals surface area contributed by atoms with Crippen LogP contribution in [-0.2, 0) is 27.5 Å². The van der Waals surface area contributed by atoms with Gasteiger partial charge in [0.25, 0.3) is 0 Å². The summed E-state index contributed by atoms with van der Waals surface area (Å²) in [6.45, 7) is 3.64. The first kappa shape index (κ1) is 22.5. The maximum absolute atomic E-state index is 12.8. The fraction of sp³-hybridized carbons (Fsp3) is 0.458. The van der Waals surface area contributed by atoms with Gasteiger partial charge >= 0.3 is 6.18 Å². The SMILES string of the molecule is CC(Cc1ccc(C(F)(F)F)cc1)C(=O)NCC1(c2ccc3c(c2)OCO3)CCOCC1. The lowest BCUT2D eigenvalue weighted by molar-refractivity contribution is -0.137. The first-order valence-electron chi connectivity index (χ1n) is 10.7. The van der Waals surface area contributed by atoms with Crippen LogP contribution in [0.25, 0.3) is 0 Å². The highest BCUT2D eigenvalue weighted by Crippen LogP contribution is 2.40. The molecule has 0 radical (unpaired) electrons. The molecule has 2 aliphatic heterocycles. The Morgan fingerprint density at radius 1 is 1.06 bits per heavy atom. The normalized spacial score (nSPS) is 18.2. The van der Waals surface area contributed by atoms with Gasteiger partial charge < -0.3 is 19.5 Å². The number of halogens is 3. The van der Waals surface area contributed by atoms with Gasteiger partial charge in [0.2, 0.25) is 12.7 Å². The number of hydrogen-bond acceptors (Lipinski definition) is 4. The van der Waals surface area contributed by atoms with Crippen LogP contribution in [0.3, 0.4) is 0 Å². The lowest BCUT2D eigenvalue weighted by Gasteiger charge is -2.38. The molecule has 1 N–H and O–H groups in total. The molecule has 2 aromatic rings. The summed E-state index contributed by atoms with van der Waals surface area (Å²) in [4.78, 5) is 12.8. The number of hydrogen-bond donors (Lipinski definition) is 1. The summed E-state index contributed by atoms with van der Waals surface area (Å²) >= 11 is 0. The predicted molar refractivity (Wildman–Crippen MR) is 112 cm³/mol. The van der Waals surface area contributed by atoms with Crippen LogP contribution >= 0.6 is 0 Å². The average Bonchev–Trinajstić information content (AvgIpc) is 3.26. The molecule has 0 aromatic heterocycles. The number of fused-ring (bicyclic) bond motifs is 1. The standard InChI is InChI=1S/C24H26F3NO4/c1-16(12-17-2-4-18(5-3-17)24(25,26)27)22(29)28-14-23(8-10-30-11-9-23)19-6-7-20-21(13-19)32-15-31-20/h2-7,13,16H,8-12,14-15H2,1H3,(H,28,29). The van der Waals surface area contributed by atoms with Crippen molar-refractivity contribution in [1.82, 2.24) is 5.32 Å². The first-order valence-corrected chi connectivity index (χ1v) is 10.7. The van der Waals surface area contributed by atoms with Gasteiger partial charge in [-0.05, 0) is 54.7 Å². The van der Waals surface area contributed by atoms with E-state index in [0.29, 0.717) is 43.2 Å². The molecule has 1 saturated heterocycles. The van der Waals surface area contributed by atoms with Gasteiger partial charge in [0.1, 0.15) is 0 Å². The minimum Gasteiger partial charge on any atom is -0.454 e. The maximum atomic E-state index is 12.8. The number of carbonyl (C=O) groups is 1. The maximum Gasteiger partial charge on any atom is 0.416 e. The van der Waals surface area contributed by atoms with Gasteiger partial charge in [0.05, 0.1) is 5.56 Å². The van der Waals surface area contributed by atoms with Gasteiger partial charge in [0, 0.05) is 31.1 Å². The summed E-state index contributed by atoms with van der Waals surface area (Å²) in [5, 5.41) is 3.07. The van der Waals surface area contributed by atoms with Crippen molar-refractivity contribution in [2.24, 2.45) is 5.92 Å². The van der Waals surface area contributed by atoms with E-state index in [-0.39, 0.29) is 24.0 Å². The molecule has 1 fully saturated rings. The van der Waals surface area contributed by atoms with E-state index in [1.54, 1.807) is 6.92 Å². The quantitative estimate of drug-likeness (QED) is 0.707. The Labute approximate surface area is 184 Å². The number of carbonyl (C=O) groups excluding carboxylic acids is 1. The van der Waals surface area contributed by atoms with Gasteiger partial charge in [0.15, 0.2) is 11.5 Å². The Bertz CT molecular complexity index is 953. The molecule has 1 amide bonds. The van der Waals surface area contributed by atoms with Crippen molar-refractivity contribution in [3.8, 4) is 11.5 Å². The average molecular weight is 449 g/mol. The van der Waals surface area contributed by atoms with Crippen LogP contribution in [0.4, 0.5) is 13.2 Å². The molecule has 1 unspecified atom stereocenters. The zero-order valence-corrected chi connectivity index (χ0v) is 17.8. The molecule has 2 aromatic carbocycles. The molecule has 1 atom stereocenters. The highest BCUT2D eigenvalue weighted by atomic mass is 19.4. The van der Waals surface area contributed by atoms with Gasteiger partial charge in [-0.25, -0.2) is 0 Å². The summed E-state index contributed by atoms with van der Waals surface area (Å²) in [6.07, 6.45) is -2.47. The molecular formula is C24H26F3NO4. The van der Waals surface area contributed by atoms with Crippen molar-refractivity contribution in [1.29, 1.82) is 0 Å². The molecule has 5 nitrogen and oxygen atoms in total. The predicted octanol–water partition coefficient (Wildman–Crippen LogP) is 4.48. The van der Waals surface area contributed by atoms with E-state index < -0.39 is 11.7 Å². The molecule has 0 spiro atoms. The number of amides is 1. The summed E-state index contributed by atoms with van der Waals surface area (Å²) in [6, 6.07) is 10.8. The molecule has 0 bridgehead atoms. The van der Waals surface area contributed by atoms with Crippen molar-refractivity contribution in [3.63, 3.8) is 0 Å². The zero-order valence-electron chi connectivity index (χ0n) is 17.8.